The van der Waals surface area contributed by atoms with Crippen LogP contribution >= 0.6 is 0 Å². The highest BCUT2D eigenvalue weighted by Gasteiger charge is 2.38. The number of nitrogens with zero attached hydrogens (tertiary/aromatic N) is 2. The Morgan fingerprint density at radius 2 is 1.80 bits per heavy atom. The number of nitrogens with one attached hydrogen (secondary N) is 2. The van der Waals surface area contributed by atoms with E-state index < -0.39 is 0 Å². The predicted octanol–water partition coefficient (Wildman–Crippen LogP) is 2.06. The van der Waals surface area contributed by atoms with Crippen molar-refractivity contribution in [3.05, 3.63) is 0 Å². The minimum Gasteiger partial charge on any atom is -0.341 e. The van der Waals surface area contributed by atoms with Crippen LogP contribution in [-0.2, 0) is 4.79 Å². The normalized spacial score (nSPS) is 20.7. The number of rotatable bonds is 6. The molecule has 25 heavy (non-hydrogen) atoms. The molecule has 0 bridgehead atoms. The molecule has 0 atom stereocenters. The first-order chi connectivity index (χ1) is 11.9. The Morgan fingerprint density at radius 3 is 2.44 bits per heavy atom. The summed E-state index contributed by atoms with van der Waals surface area (Å²) in [6.07, 6.45) is 5.98. The maximum atomic E-state index is 12.4. The predicted molar refractivity (Wildman–Crippen MR) is 100 cm³/mol. The monoisotopic (exact) mass is 352 g/mol. The van der Waals surface area contributed by atoms with Crippen LogP contribution in [0.1, 0.15) is 52.9 Å². The second-order valence-corrected chi connectivity index (χ2v) is 8.22. The van der Waals surface area contributed by atoms with Gasteiger partial charge in [-0.05, 0) is 56.5 Å². The van der Waals surface area contributed by atoms with E-state index in [9.17, 15) is 9.59 Å². The van der Waals surface area contributed by atoms with E-state index in [2.05, 4.69) is 22.5 Å². The van der Waals surface area contributed by atoms with Crippen LogP contribution in [-0.4, -0.2) is 67.6 Å². The highest BCUT2D eigenvalue weighted by atomic mass is 16.2. The molecule has 2 N–H and O–H groups in total. The zero-order valence-corrected chi connectivity index (χ0v) is 16.3. The lowest BCUT2D eigenvalue weighted by Gasteiger charge is -2.47. The van der Waals surface area contributed by atoms with Crippen molar-refractivity contribution in [2.45, 2.75) is 52.9 Å². The second kappa shape index (κ2) is 9.41. The van der Waals surface area contributed by atoms with Gasteiger partial charge in [-0.3, -0.25) is 4.79 Å². The van der Waals surface area contributed by atoms with Gasteiger partial charge in [-0.2, -0.15) is 0 Å². The summed E-state index contributed by atoms with van der Waals surface area (Å²) >= 11 is 0. The minimum atomic E-state index is -0.252. The highest BCUT2D eigenvalue weighted by molar-refractivity contribution is 5.84. The van der Waals surface area contributed by atoms with E-state index in [-0.39, 0.29) is 18.5 Å². The first kappa shape index (κ1) is 20.0. The van der Waals surface area contributed by atoms with Crippen LogP contribution in [0.5, 0.6) is 0 Å². The largest absolute Gasteiger partial charge is 0.341 e. The van der Waals surface area contributed by atoms with E-state index >= 15 is 0 Å². The molecule has 0 aromatic carbocycles. The Labute approximate surface area is 152 Å². The van der Waals surface area contributed by atoms with E-state index in [1.165, 1.54) is 38.9 Å². The average Bonchev–Trinajstić information content (AvgIpc) is 2.59. The molecule has 6 nitrogen and oxygen atoms in total. The SMILES string of the molecule is CCCN1CCCC2(CCN(C(=O)CNC(=O)NCC(C)C)CC2)C1. The van der Waals surface area contributed by atoms with Crippen molar-refractivity contribution in [3.8, 4) is 0 Å². The summed E-state index contributed by atoms with van der Waals surface area (Å²) in [7, 11) is 0. The number of carbonyl (C=O) groups is 2. The lowest BCUT2D eigenvalue weighted by molar-refractivity contribution is -0.133. The van der Waals surface area contributed by atoms with Crippen molar-refractivity contribution < 1.29 is 9.59 Å². The summed E-state index contributed by atoms with van der Waals surface area (Å²) in [4.78, 5) is 28.5. The topological polar surface area (TPSA) is 64.7 Å². The standard InChI is InChI=1S/C19H36N4O2/c1-4-9-22-10-5-6-19(15-22)7-11-23(12-8-19)17(24)14-21-18(25)20-13-16(2)3/h16H,4-15H2,1-3H3,(H2,20,21,25). The molecule has 2 saturated heterocycles. The highest BCUT2D eigenvalue weighted by Crippen LogP contribution is 2.39. The molecular weight excluding hydrogens is 316 g/mol. The first-order valence-electron chi connectivity index (χ1n) is 9.96. The Morgan fingerprint density at radius 1 is 1.08 bits per heavy atom. The maximum absolute atomic E-state index is 12.4. The fourth-order valence-electron chi connectivity index (χ4n) is 4.08. The number of carbonyl (C=O) groups excluding carboxylic acids is 2. The summed E-state index contributed by atoms with van der Waals surface area (Å²) in [6, 6.07) is -0.252. The Balaban J connectivity index is 1.72. The van der Waals surface area contributed by atoms with Crippen LogP contribution in [0.25, 0.3) is 0 Å². The van der Waals surface area contributed by atoms with Gasteiger partial charge in [0, 0.05) is 26.2 Å². The molecule has 2 fully saturated rings. The Kier molecular flexibility index (Phi) is 7.54. The van der Waals surface area contributed by atoms with Crippen molar-refractivity contribution in [3.63, 3.8) is 0 Å². The fourth-order valence-corrected chi connectivity index (χ4v) is 4.08. The van der Waals surface area contributed by atoms with Gasteiger partial charge in [0.2, 0.25) is 5.91 Å². The summed E-state index contributed by atoms with van der Waals surface area (Å²) in [6.45, 7) is 12.3. The van der Waals surface area contributed by atoms with Crippen LogP contribution in [0.4, 0.5) is 4.79 Å². The number of hydrogen-bond acceptors (Lipinski definition) is 3. The summed E-state index contributed by atoms with van der Waals surface area (Å²) in [5.74, 6) is 0.443. The van der Waals surface area contributed by atoms with Gasteiger partial charge in [0.15, 0.2) is 0 Å². The molecule has 6 heteroatoms. The molecule has 1 spiro atoms. The van der Waals surface area contributed by atoms with E-state index in [1.54, 1.807) is 0 Å². The molecule has 0 radical (unpaired) electrons. The number of amides is 3. The van der Waals surface area contributed by atoms with E-state index in [0.717, 1.165) is 25.9 Å². The van der Waals surface area contributed by atoms with E-state index in [1.807, 2.05) is 18.7 Å². The summed E-state index contributed by atoms with van der Waals surface area (Å²) < 4.78 is 0. The summed E-state index contributed by atoms with van der Waals surface area (Å²) in [5, 5.41) is 5.46. The fraction of sp³-hybridized carbons (Fsp3) is 0.895. The number of piperidine rings is 2. The third-order valence-electron chi connectivity index (χ3n) is 5.53. The molecule has 0 aliphatic carbocycles. The van der Waals surface area contributed by atoms with Crippen molar-refractivity contribution in [2.75, 3.05) is 45.8 Å². The third kappa shape index (κ3) is 6.17. The van der Waals surface area contributed by atoms with E-state index in [4.69, 9.17) is 0 Å². The van der Waals surface area contributed by atoms with Crippen molar-refractivity contribution >= 4 is 11.9 Å². The van der Waals surface area contributed by atoms with Crippen molar-refractivity contribution in [1.29, 1.82) is 0 Å². The lowest BCUT2D eigenvalue weighted by atomic mass is 9.72. The van der Waals surface area contributed by atoms with Crippen LogP contribution in [0.15, 0.2) is 0 Å². The number of hydrogen-bond donors (Lipinski definition) is 2. The van der Waals surface area contributed by atoms with Crippen molar-refractivity contribution in [1.82, 2.24) is 20.4 Å². The van der Waals surface area contributed by atoms with Crippen LogP contribution < -0.4 is 10.6 Å². The zero-order valence-electron chi connectivity index (χ0n) is 16.3. The second-order valence-electron chi connectivity index (χ2n) is 8.22. The Bertz CT molecular complexity index is 443. The smallest absolute Gasteiger partial charge is 0.315 e. The van der Waals surface area contributed by atoms with Gasteiger partial charge in [0.25, 0.3) is 0 Å². The first-order valence-corrected chi connectivity index (χ1v) is 9.96. The average molecular weight is 353 g/mol. The molecule has 0 unspecified atom stereocenters. The molecule has 0 saturated carbocycles. The number of likely N-dealkylation sites (tertiary alicyclic amines) is 2. The molecule has 2 rings (SSSR count). The maximum Gasteiger partial charge on any atom is 0.315 e. The van der Waals surface area contributed by atoms with Gasteiger partial charge in [-0.15, -0.1) is 0 Å². The molecule has 0 aromatic rings. The molecule has 3 amide bonds. The van der Waals surface area contributed by atoms with Gasteiger partial charge in [-0.25, -0.2) is 4.79 Å². The third-order valence-corrected chi connectivity index (χ3v) is 5.53. The molecule has 144 valence electrons. The molecule has 2 aliphatic heterocycles. The quantitative estimate of drug-likeness (QED) is 0.769. The Hall–Kier alpha value is -1.30. The molecule has 2 aliphatic rings. The molecule has 2 heterocycles. The van der Waals surface area contributed by atoms with Crippen LogP contribution in [0.2, 0.25) is 0 Å². The summed E-state index contributed by atoms with van der Waals surface area (Å²) in [5.41, 5.74) is 0.409. The van der Waals surface area contributed by atoms with Gasteiger partial charge in [0.05, 0.1) is 6.54 Å². The van der Waals surface area contributed by atoms with Gasteiger partial charge in [-0.1, -0.05) is 20.8 Å². The van der Waals surface area contributed by atoms with Crippen LogP contribution in [0.3, 0.4) is 0 Å². The zero-order chi connectivity index (χ0) is 18.3. The minimum absolute atomic E-state index is 0.0378. The van der Waals surface area contributed by atoms with Gasteiger partial charge in [0.1, 0.15) is 0 Å². The lowest BCUT2D eigenvalue weighted by Crippen LogP contribution is -2.52. The molecule has 0 aromatic heterocycles. The van der Waals surface area contributed by atoms with Crippen LogP contribution in [0, 0.1) is 11.3 Å². The van der Waals surface area contributed by atoms with Gasteiger partial charge >= 0.3 is 6.03 Å². The van der Waals surface area contributed by atoms with Crippen molar-refractivity contribution in [2.24, 2.45) is 11.3 Å². The number of urea groups is 1. The van der Waals surface area contributed by atoms with Gasteiger partial charge < -0.3 is 20.4 Å². The molecular formula is C19H36N4O2. The van der Waals surface area contributed by atoms with E-state index in [0.29, 0.717) is 17.9 Å².